The van der Waals surface area contributed by atoms with Gasteiger partial charge in [0.25, 0.3) is 0 Å². The number of primary amides is 1. The van der Waals surface area contributed by atoms with Crippen LogP contribution in [-0.4, -0.2) is 47.2 Å². The Hall–Kier alpha value is -1.30. The molecule has 1 saturated heterocycles. The summed E-state index contributed by atoms with van der Waals surface area (Å²) in [5, 5.41) is 3.12. The predicted octanol–water partition coefficient (Wildman–Crippen LogP) is 0.459. The van der Waals surface area contributed by atoms with Gasteiger partial charge in [0.1, 0.15) is 5.60 Å². The van der Waals surface area contributed by atoms with Crippen molar-refractivity contribution in [2.24, 2.45) is 5.73 Å². The van der Waals surface area contributed by atoms with E-state index in [1.165, 1.54) is 0 Å². The van der Waals surface area contributed by atoms with Crippen molar-refractivity contribution < 1.29 is 14.3 Å². The molecule has 0 aromatic heterocycles. The largest absolute Gasteiger partial charge is 0.444 e. The van der Waals surface area contributed by atoms with Gasteiger partial charge in [-0.2, -0.15) is 0 Å². The Labute approximate surface area is 108 Å². The van der Waals surface area contributed by atoms with Gasteiger partial charge >= 0.3 is 6.09 Å². The number of hydrogen-bond acceptors (Lipinski definition) is 4. The van der Waals surface area contributed by atoms with Crippen molar-refractivity contribution in [3.05, 3.63) is 0 Å². The van der Waals surface area contributed by atoms with E-state index in [1.54, 1.807) is 18.7 Å². The van der Waals surface area contributed by atoms with Crippen LogP contribution in [0.5, 0.6) is 0 Å². The lowest BCUT2D eigenvalue weighted by Gasteiger charge is -2.43. The second-order valence-electron chi connectivity index (χ2n) is 6.22. The van der Waals surface area contributed by atoms with Crippen LogP contribution in [0.15, 0.2) is 0 Å². The Morgan fingerprint density at radius 1 is 1.22 bits per heavy atom. The molecule has 1 aliphatic heterocycles. The molecule has 0 aliphatic carbocycles. The minimum Gasteiger partial charge on any atom is -0.444 e. The first-order valence-electron chi connectivity index (χ1n) is 6.07. The van der Waals surface area contributed by atoms with E-state index in [0.717, 1.165) is 0 Å². The minimum atomic E-state index is -0.759. The maximum absolute atomic E-state index is 11.7. The van der Waals surface area contributed by atoms with E-state index in [0.29, 0.717) is 13.1 Å². The average molecular weight is 257 g/mol. The fraction of sp³-hybridized carbons (Fsp3) is 0.833. The van der Waals surface area contributed by atoms with Crippen molar-refractivity contribution in [2.45, 2.75) is 51.8 Å². The third-order valence-corrected chi connectivity index (χ3v) is 2.71. The second-order valence-corrected chi connectivity index (χ2v) is 6.22. The molecule has 0 unspecified atom stereocenters. The monoisotopic (exact) mass is 257 g/mol. The normalized spacial score (nSPS) is 17.3. The maximum atomic E-state index is 11.7. The number of hydrogen-bond donors (Lipinski definition) is 2. The number of nitrogens with one attached hydrogen (secondary N) is 1. The standard InChI is InChI=1S/C12H23N3O3/c1-11(2,3)18-10(17)15-6-8(7-15)14-12(4,5)9(13)16/h8,14H,6-7H2,1-5H3,(H2,13,16). The molecule has 0 aromatic carbocycles. The molecule has 6 heteroatoms. The molecule has 1 aliphatic rings. The van der Waals surface area contributed by atoms with Gasteiger partial charge in [0.05, 0.1) is 5.54 Å². The number of amides is 2. The van der Waals surface area contributed by atoms with Crippen LogP contribution in [-0.2, 0) is 9.53 Å². The number of carbonyl (C=O) groups is 2. The Balaban J connectivity index is 2.37. The third-order valence-electron chi connectivity index (χ3n) is 2.71. The van der Waals surface area contributed by atoms with Gasteiger partial charge in [-0.3, -0.25) is 10.1 Å². The van der Waals surface area contributed by atoms with Crippen molar-refractivity contribution in [3.63, 3.8) is 0 Å². The minimum absolute atomic E-state index is 0.0834. The summed E-state index contributed by atoms with van der Waals surface area (Å²) < 4.78 is 5.24. The van der Waals surface area contributed by atoms with Crippen molar-refractivity contribution in [1.29, 1.82) is 0 Å². The first-order valence-corrected chi connectivity index (χ1v) is 6.07. The Kier molecular flexibility index (Phi) is 3.90. The maximum Gasteiger partial charge on any atom is 0.410 e. The molecule has 0 spiro atoms. The number of rotatable bonds is 3. The SMILES string of the molecule is CC(C)(C)OC(=O)N1CC(NC(C)(C)C(N)=O)C1. The molecule has 1 fully saturated rings. The molecule has 0 saturated carbocycles. The second kappa shape index (κ2) is 4.76. The van der Waals surface area contributed by atoms with E-state index in [1.807, 2.05) is 20.8 Å². The summed E-state index contributed by atoms with van der Waals surface area (Å²) in [6.45, 7) is 10.0. The first kappa shape index (κ1) is 14.8. The summed E-state index contributed by atoms with van der Waals surface area (Å²) in [6.07, 6.45) is -0.322. The van der Waals surface area contributed by atoms with Crippen molar-refractivity contribution in [3.8, 4) is 0 Å². The lowest BCUT2D eigenvalue weighted by molar-refractivity contribution is -0.123. The van der Waals surface area contributed by atoms with Crippen LogP contribution in [0.25, 0.3) is 0 Å². The molecule has 1 rings (SSSR count). The number of nitrogens with two attached hydrogens (primary N) is 1. The van der Waals surface area contributed by atoms with Crippen LogP contribution in [0, 0.1) is 0 Å². The fourth-order valence-corrected chi connectivity index (χ4v) is 1.63. The molecule has 0 radical (unpaired) electrons. The zero-order valence-electron chi connectivity index (χ0n) is 11.7. The summed E-state index contributed by atoms with van der Waals surface area (Å²) in [6, 6.07) is 0.0834. The van der Waals surface area contributed by atoms with E-state index in [2.05, 4.69) is 5.32 Å². The molecule has 0 atom stereocenters. The average Bonchev–Trinajstić information content (AvgIpc) is 2.06. The molecule has 1 heterocycles. The van der Waals surface area contributed by atoms with Crippen LogP contribution in [0.2, 0.25) is 0 Å². The molecule has 2 amide bonds. The summed E-state index contributed by atoms with van der Waals surface area (Å²) in [4.78, 5) is 24.4. The number of likely N-dealkylation sites (tertiary alicyclic amines) is 1. The molecule has 0 aromatic rings. The molecule has 0 bridgehead atoms. The zero-order valence-corrected chi connectivity index (χ0v) is 11.7. The van der Waals surface area contributed by atoms with Crippen LogP contribution in [0.1, 0.15) is 34.6 Å². The number of ether oxygens (including phenoxy) is 1. The van der Waals surface area contributed by atoms with Crippen LogP contribution < -0.4 is 11.1 Å². The molecule has 6 nitrogen and oxygen atoms in total. The molecule has 3 N–H and O–H groups in total. The highest BCUT2D eigenvalue weighted by Crippen LogP contribution is 2.17. The Bertz CT molecular complexity index is 341. The Morgan fingerprint density at radius 2 is 1.72 bits per heavy atom. The summed E-state index contributed by atoms with van der Waals surface area (Å²) in [7, 11) is 0. The molecular weight excluding hydrogens is 234 g/mol. The van der Waals surface area contributed by atoms with E-state index in [4.69, 9.17) is 10.5 Å². The van der Waals surface area contributed by atoms with Crippen molar-refractivity contribution in [1.82, 2.24) is 10.2 Å². The topological polar surface area (TPSA) is 84.7 Å². The van der Waals surface area contributed by atoms with Gasteiger partial charge in [-0.05, 0) is 34.6 Å². The van der Waals surface area contributed by atoms with E-state index in [9.17, 15) is 9.59 Å². The third kappa shape index (κ3) is 3.87. The molecule has 104 valence electrons. The summed E-state index contributed by atoms with van der Waals surface area (Å²) >= 11 is 0. The van der Waals surface area contributed by atoms with Gasteiger partial charge in [0, 0.05) is 19.1 Å². The zero-order chi connectivity index (χ0) is 14.1. The number of carbonyl (C=O) groups excluding carboxylic acids is 2. The summed E-state index contributed by atoms with van der Waals surface area (Å²) in [5.41, 5.74) is 4.03. The van der Waals surface area contributed by atoms with Gasteiger partial charge in [-0.15, -0.1) is 0 Å². The van der Waals surface area contributed by atoms with Gasteiger partial charge in [0.15, 0.2) is 0 Å². The van der Waals surface area contributed by atoms with Crippen molar-refractivity contribution in [2.75, 3.05) is 13.1 Å². The quantitative estimate of drug-likeness (QED) is 0.769. The van der Waals surface area contributed by atoms with Gasteiger partial charge < -0.3 is 15.4 Å². The number of nitrogens with zero attached hydrogens (tertiary/aromatic N) is 1. The van der Waals surface area contributed by atoms with Crippen LogP contribution >= 0.6 is 0 Å². The molecule has 18 heavy (non-hydrogen) atoms. The predicted molar refractivity (Wildman–Crippen MR) is 68.0 cm³/mol. The first-order chi connectivity index (χ1) is 8.01. The van der Waals surface area contributed by atoms with Gasteiger partial charge in [-0.25, -0.2) is 4.79 Å². The highest BCUT2D eigenvalue weighted by Gasteiger charge is 2.37. The van der Waals surface area contributed by atoms with Crippen LogP contribution in [0.4, 0.5) is 4.79 Å². The van der Waals surface area contributed by atoms with Crippen molar-refractivity contribution >= 4 is 12.0 Å². The van der Waals surface area contributed by atoms with E-state index in [-0.39, 0.29) is 12.1 Å². The lowest BCUT2D eigenvalue weighted by atomic mass is 10.0. The fourth-order valence-electron chi connectivity index (χ4n) is 1.63. The highest BCUT2D eigenvalue weighted by molar-refractivity contribution is 5.83. The molecular formula is C12H23N3O3. The van der Waals surface area contributed by atoms with Gasteiger partial charge in [0.2, 0.25) is 5.91 Å². The van der Waals surface area contributed by atoms with E-state index >= 15 is 0 Å². The lowest BCUT2D eigenvalue weighted by Crippen LogP contribution is -2.66. The van der Waals surface area contributed by atoms with Crippen LogP contribution in [0.3, 0.4) is 0 Å². The highest BCUT2D eigenvalue weighted by atomic mass is 16.6. The smallest absolute Gasteiger partial charge is 0.410 e. The Morgan fingerprint density at radius 3 is 2.11 bits per heavy atom. The van der Waals surface area contributed by atoms with E-state index < -0.39 is 17.0 Å². The van der Waals surface area contributed by atoms with Gasteiger partial charge in [-0.1, -0.05) is 0 Å². The summed E-state index contributed by atoms with van der Waals surface area (Å²) in [5.74, 6) is -0.404.